The maximum absolute atomic E-state index is 13.9. The van der Waals surface area contributed by atoms with Crippen molar-refractivity contribution in [3.8, 4) is 0 Å². The Balaban J connectivity index is 1.67. The molecule has 9 heteroatoms. The number of carbonyl (C=O) groups excluding carboxylic acids is 2. The Hall–Kier alpha value is -3.26. The van der Waals surface area contributed by atoms with Crippen LogP contribution in [0.25, 0.3) is 10.9 Å². The molecule has 3 aromatic rings. The first-order valence-electron chi connectivity index (χ1n) is 11.2. The van der Waals surface area contributed by atoms with E-state index in [2.05, 4.69) is 5.32 Å². The molecule has 1 atom stereocenters. The number of hydrogen-bond acceptors (Lipinski definition) is 4. The van der Waals surface area contributed by atoms with Gasteiger partial charge in [0.25, 0.3) is 11.5 Å². The van der Waals surface area contributed by atoms with Crippen LogP contribution in [0.15, 0.2) is 46.0 Å². The first-order chi connectivity index (χ1) is 16.2. The predicted octanol–water partition coefficient (Wildman–Crippen LogP) is 3.56. The van der Waals surface area contributed by atoms with Gasteiger partial charge < -0.3 is 5.32 Å². The van der Waals surface area contributed by atoms with Crippen molar-refractivity contribution in [3.05, 3.63) is 79.2 Å². The van der Waals surface area contributed by atoms with Gasteiger partial charge in [-0.05, 0) is 55.7 Å². The lowest BCUT2D eigenvalue weighted by atomic mass is 9.99. The smallest absolute Gasteiger partial charge is 0.331 e. The Bertz CT molecular complexity index is 1360. The van der Waals surface area contributed by atoms with E-state index < -0.39 is 11.7 Å². The summed E-state index contributed by atoms with van der Waals surface area (Å²) in [7, 11) is 0. The predicted molar refractivity (Wildman–Crippen MR) is 130 cm³/mol. The highest BCUT2D eigenvalue weighted by Gasteiger charge is 2.16. The fourth-order valence-corrected chi connectivity index (χ4v) is 4.12. The number of Topliss-reactive ketones (excluding diaryl/α,β-unsaturated/α-hetero) is 1. The number of nitrogens with zero attached hydrogens (tertiary/aromatic N) is 2. The van der Waals surface area contributed by atoms with Crippen LogP contribution in [0.4, 0.5) is 4.39 Å². The minimum absolute atomic E-state index is 0.0570. The summed E-state index contributed by atoms with van der Waals surface area (Å²) in [5, 5.41) is 3.24. The van der Waals surface area contributed by atoms with Gasteiger partial charge in [0, 0.05) is 37.5 Å². The van der Waals surface area contributed by atoms with Crippen LogP contribution in [0, 0.1) is 11.7 Å². The van der Waals surface area contributed by atoms with Gasteiger partial charge in [-0.1, -0.05) is 24.6 Å². The summed E-state index contributed by atoms with van der Waals surface area (Å²) in [6.45, 7) is 6.29. The second-order valence-corrected chi connectivity index (χ2v) is 8.72. The van der Waals surface area contributed by atoms with Crippen LogP contribution in [0.5, 0.6) is 0 Å². The van der Waals surface area contributed by atoms with Crippen molar-refractivity contribution < 1.29 is 14.0 Å². The number of carbonyl (C=O) groups is 2. The summed E-state index contributed by atoms with van der Waals surface area (Å²) in [6, 6.07) is 8.94. The molecule has 1 unspecified atom stereocenters. The monoisotopic (exact) mass is 487 g/mol. The van der Waals surface area contributed by atoms with Crippen LogP contribution < -0.4 is 16.6 Å². The van der Waals surface area contributed by atoms with Crippen molar-refractivity contribution in [1.29, 1.82) is 0 Å². The molecule has 1 heterocycles. The van der Waals surface area contributed by atoms with E-state index in [1.165, 1.54) is 16.7 Å². The Morgan fingerprint density at radius 2 is 1.76 bits per heavy atom. The minimum atomic E-state index is -0.708. The molecule has 1 N–H and O–H groups in total. The lowest BCUT2D eigenvalue weighted by Gasteiger charge is -2.14. The number of rotatable bonds is 9. The number of fused-ring (bicyclic) bond motifs is 1. The van der Waals surface area contributed by atoms with Gasteiger partial charge in [0.2, 0.25) is 0 Å². The van der Waals surface area contributed by atoms with Crippen molar-refractivity contribution in [2.75, 3.05) is 6.54 Å². The summed E-state index contributed by atoms with van der Waals surface area (Å²) in [4.78, 5) is 50.1. The number of ketones is 1. The van der Waals surface area contributed by atoms with Gasteiger partial charge in [0.05, 0.1) is 16.5 Å². The van der Waals surface area contributed by atoms with Crippen molar-refractivity contribution >= 4 is 34.2 Å². The second-order valence-electron chi connectivity index (χ2n) is 8.29. The summed E-state index contributed by atoms with van der Waals surface area (Å²) < 4.78 is 16.6. The molecule has 2 aromatic carbocycles. The molecule has 1 amide bonds. The summed E-state index contributed by atoms with van der Waals surface area (Å²) >= 11 is 5.71. The third-order valence-electron chi connectivity index (χ3n) is 5.69. The van der Waals surface area contributed by atoms with E-state index in [1.54, 1.807) is 29.7 Å². The lowest BCUT2D eigenvalue weighted by molar-refractivity contribution is -0.119. The van der Waals surface area contributed by atoms with Crippen LogP contribution >= 0.6 is 11.6 Å². The molecule has 0 radical (unpaired) electrons. The maximum Gasteiger partial charge on any atom is 0.331 e. The largest absolute Gasteiger partial charge is 0.352 e. The van der Waals surface area contributed by atoms with Crippen molar-refractivity contribution in [3.63, 3.8) is 0 Å². The molecule has 34 heavy (non-hydrogen) atoms. The standard InChI is InChI=1S/C25H27ClFN3O4/c1-4-29-22-9-6-16(12-20(22)24(33)30(5-2)25(29)34)11-18(31)10-15(3)14-28-23(32)19-8-7-17(26)13-21(19)27/h6-9,12-13,15H,4-5,10-11,14H2,1-3H3,(H,28,32). The Kier molecular flexibility index (Phi) is 8.04. The van der Waals surface area contributed by atoms with Crippen LogP contribution in [0.2, 0.25) is 5.02 Å². The van der Waals surface area contributed by atoms with E-state index in [1.807, 2.05) is 13.8 Å². The highest BCUT2D eigenvalue weighted by molar-refractivity contribution is 6.30. The number of amides is 1. The van der Waals surface area contributed by atoms with E-state index in [4.69, 9.17) is 11.6 Å². The Morgan fingerprint density at radius 3 is 2.41 bits per heavy atom. The third-order valence-corrected chi connectivity index (χ3v) is 5.92. The molecule has 7 nitrogen and oxygen atoms in total. The minimum Gasteiger partial charge on any atom is -0.352 e. The molecule has 3 rings (SSSR count). The molecular weight excluding hydrogens is 461 g/mol. The zero-order valence-corrected chi connectivity index (χ0v) is 20.1. The summed E-state index contributed by atoms with van der Waals surface area (Å²) in [5.74, 6) is -1.51. The first kappa shape index (κ1) is 25.4. The van der Waals surface area contributed by atoms with Crippen molar-refractivity contribution in [1.82, 2.24) is 14.5 Å². The number of aromatic nitrogens is 2. The molecule has 1 aromatic heterocycles. The van der Waals surface area contributed by atoms with Crippen molar-refractivity contribution in [2.45, 2.75) is 46.7 Å². The van der Waals surface area contributed by atoms with Gasteiger partial charge in [-0.25, -0.2) is 9.18 Å². The SMILES string of the molecule is CCn1c(=O)c2cc(CC(=O)CC(C)CNC(=O)c3ccc(Cl)cc3F)ccc2n(CC)c1=O. The molecule has 0 aliphatic heterocycles. The van der Waals surface area contributed by atoms with Gasteiger partial charge >= 0.3 is 5.69 Å². The van der Waals surface area contributed by atoms with E-state index in [9.17, 15) is 23.6 Å². The summed E-state index contributed by atoms with van der Waals surface area (Å²) in [6.07, 6.45) is 0.325. The zero-order chi connectivity index (χ0) is 25.0. The fraction of sp³-hybridized carbons (Fsp3) is 0.360. The number of nitrogens with one attached hydrogen (secondary N) is 1. The highest BCUT2D eigenvalue weighted by Crippen LogP contribution is 2.16. The van der Waals surface area contributed by atoms with Crippen LogP contribution in [-0.2, 0) is 24.3 Å². The maximum atomic E-state index is 13.9. The number of halogens is 2. The highest BCUT2D eigenvalue weighted by atomic mass is 35.5. The fourth-order valence-electron chi connectivity index (χ4n) is 3.96. The quantitative estimate of drug-likeness (QED) is 0.499. The molecule has 0 saturated carbocycles. The molecule has 0 aliphatic rings. The Morgan fingerprint density at radius 1 is 1.06 bits per heavy atom. The van der Waals surface area contributed by atoms with Crippen LogP contribution in [0.3, 0.4) is 0 Å². The second kappa shape index (κ2) is 10.8. The molecule has 0 bridgehead atoms. The van der Waals surface area contributed by atoms with Crippen LogP contribution in [0.1, 0.15) is 43.1 Å². The Labute approximate surface area is 201 Å². The lowest BCUT2D eigenvalue weighted by Crippen LogP contribution is -2.39. The molecule has 0 saturated heterocycles. The zero-order valence-electron chi connectivity index (χ0n) is 19.4. The molecule has 0 aliphatic carbocycles. The average Bonchev–Trinajstić information content (AvgIpc) is 2.78. The van der Waals surface area contributed by atoms with Crippen molar-refractivity contribution in [2.24, 2.45) is 5.92 Å². The average molecular weight is 488 g/mol. The molecule has 0 fully saturated rings. The molecular formula is C25H27ClFN3O4. The molecule has 0 spiro atoms. The topological polar surface area (TPSA) is 90.2 Å². The number of aryl methyl sites for hydroxylation is 1. The van der Waals surface area contributed by atoms with Gasteiger partial charge in [-0.15, -0.1) is 0 Å². The number of benzene rings is 2. The number of hydrogen-bond donors (Lipinski definition) is 1. The van der Waals surface area contributed by atoms with Gasteiger partial charge in [0.1, 0.15) is 11.6 Å². The van der Waals surface area contributed by atoms with Crippen LogP contribution in [-0.4, -0.2) is 27.4 Å². The van der Waals surface area contributed by atoms with Gasteiger partial charge in [-0.3, -0.25) is 23.5 Å². The molecule has 180 valence electrons. The third kappa shape index (κ3) is 5.44. The van der Waals surface area contributed by atoms with E-state index in [0.717, 1.165) is 6.07 Å². The van der Waals surface area contributed by atoms with E-state index in [0.29, 0.717) is 23.0 Å². The van der Waals surface area contributed by atoms with E-state index >= 15 is 0 Å². The summed E-state index contributed by atoms with van der Waals surface area (Å²) in [5.41, 5.74) is 0.400. The van der Waals surface area contributed by atoms with Gasteiger partial charge in [-0.2, -0.15) is 0 Å². The van der Waals surface area contributed by atoms with E-state index in [-0.39, 0.29) is 59.5 Å². The first-order valence-corrected chi connectivity index (χ1v) is 11.5. The normalized spacial score (nSPS) is 12.0. The van der Waals surface area contributed by atoms with Gasteiger partial charge in [0.15, 0.2) is 0 Å².